The SMILES string of the molecule is CC(CNc1csc2ccccc12)CC(=O)O. The molecule has 0 radical (unpaired) electrons. The molecule has 0 fully saturated rings. The van der Waals surface area contributed by atoms with Crippen molar-refractivity contribution in [2.45, 2.75) is 13.3 Å². The molecule has 0 saturated carbocycles. The Kier molecular flexibility index (Phi) is 3.64. The standard InChI is InChI=1S/C13H15NO2S/c1-9(6-13(15)16)7-14-11-8-17-12-5-3-2-4-10(11)12/h2-5,8-9,14H,6-7H2,1H3,(H,15,16). The van der Waals surface area contributed by atoms with Gasteiger partial charge in [0.15, 0.2) is 0 Å². The minimum atomic E-state index is -0.741. The van der Waals surface area contributed by atoms with Crippen LogP contribution in [-0.4, -0.2) is 17.6 Å². The largest absolute Gasteiger partial charge is 0.481 e. The summed E-state index contributed by atoms with van der Waals surface area (Å²) in [5, 5.41) is 15.3. The highest BCUT2D eigenvalue weighted by atomic mass is 32.1. The number of carboxylic acid groups (broad SMARTS) is 1. The third-order valence-corrected chi connectivity index (χ3v) is 3.61. The van der Waals surface area contributed by atoms with Gasteiger partial charge in [0.2, 0.25) is 0 Å². The summed E-state index contributed by atoms with van der Waals surface area (Å²) in [7, 11) is 0. The van der Waals surface area contributed by atoms with Gasteiger partial charge in [0.05, 0.1) is 5.69 Å². The van der Waals surface area contributed by atoms with E-state index < -0.39 is 5.97 Å². The Morgan fingerprint density at radius 1 is 1.47 bits per heavy atom. The van der Waals surface area contributed by atoms with Gasteiger partial charge >= 0.3 is 5.97 Å². The summed E-state index contributed by atoms with van der Waals surface area (Å²) in [6.45, 7) is 2.63. The molecule has 1 aromatic heterocycles. The van der Waals surface area contributed by atoms with Crippen LogP contribution in [0.3, 0.4) is 0 Å². The Labute approximate surface area is 104 Å². The first-order valence-electron chi connectivity index (χ1n) is 5.58. The maximum Gasteiger partial charge on any atom is 0.303 e. The van der Waals surface area contributed by atoms with Crippen molar-refractivity contribution in [3.8, 4) is 0 Å². The average molecular weight is 249 g/mol. The van der Waals surface area contributed by atoms with Gasteiger partial charge in [-0.1, -0.05) is 25.1 Å². The Hall–Kier alpha value is -1.55. The van der Waals surface area contributed by atoms with E-state index in [0.29, 0.717) is 6.54 Å². The lowest BCUT2D eigenvalue weighted by Crippen LogP contribution is -2.14. The number of aliphatic carboxylic acids is 1. The fraction of sp³-hybridized carbons (Fsp3) is 0.308. The quantitative estimate of drug-likeness (QED) is 0.853. The monoisotopic (exact) mass is 249 g/mol. The number of thiophene rings is 1. The van der Waals surface area contributed by atoms with Crippen LogP contribution in [0.4, 0.5) is 5.69 Å². The number of hydrogen-bond donors (Lipinski definition) is 2. The summed E-state index contributed by atoms with van der Waals surface area (Å²) in [4.78, 5) is 10.6. The van der Waals surface area contributed by atoms with Gasteiger partial charge in [-0.15, -0.1) is 11.3 Å². The highest BCUT2D eigenvalue weighted by Gasteiger charge is 2.08. The summed E-state index contributed by atoms with van der Waals surface area (Å²) in [5.74, 6) is -0.611. The maximum absolute atomic E-state index is 10.6. The van der Waals surface area contributed by atoms with Crippen molar-refractivity contribution >= 4 is 33.1 Å². The second-order valence-corrected chi connectivity index (χ2v) is 5.14. The van der Waals surface area contributed by atoms with Gasteiger partial charge < -0.3 is 10.4 Å². The number of benzene rings is 1. The van der Waals surface area contributed by atoms with Crippen molar-refractivity contribution in [2.75, 3.05) is 11.9 Å². The molecule has 0 bridgehead atoms. The van der Waals surface area contributed by atoms with Crippen LogP contribution in [0.25, 0.3) is 10.1 Å². The third-order valence-electron chi connectivity index (χ3n) is 2.65. The Morgan fingerprint density at radius 2 is 2.24 bits per heavy atom. The molecule has 0 aliphatic rings. The molecule has 0 saturated heterocycles. The normalized spacial score (nSPS) is 12.5. The molecule has 1 aromatic carbocycles. The number of fused-ring (bicyclic) bond motifs is 1. The topological polar surface area (TPSA) is 49.3 Å². The van der Waals surface area contributed by atoms with E-state index >= 15 is 0 Å². The summed E-state index contributed by atoms with van der Waals surface area (Å²) in [6, 6.07) is 8.21. The molecule has 0 spiro atoms. The molecule has 2 N–H and O–H groups in total. The molecule has 0 aliphatic heterocycles. The lowest BCUT2D eigenvalue weighted by molar-refractivity contribution is -0.137. The van der Waals surface area contributed by atoms with Crippen LogP contribution >= 0.6 is 11.3 Å². The molecule has 4 heteroatoms. The molecule has 2 aromatic rings. The zero-order chi connectivity index (χ0) is 12.3. The fourth-order valence-corrected chi connectivity index (χ4v) is 2.69. The first-order valence-corrected chi connectivity index (χ1v) is 6.46. The molecule has 1 atom stereocenters. The molecule has 17 heavy (non-hydrogen) atoms. The molecule has 90 valence electrons. The van der Waals surface area contributed by atoms with Crippen molar-refractivity contribution in [2.24, 2.45) is 5.92 Å². The Balaban J connectivity index is 2.02. The van der Waals surface area contributed by atoms with Crippen LogP contribution in [0.5, 0.6) is 0 Å². The van der Waals surface area contributed by atoms with E-state index in [9.17, 15) is 4.79 Å². The van der Waals surface area contributed by atoms with Gasteiger partial charge in [-0.3, -0.25) is 4.79 Å². The lowest BCUT2D eigenvalue weighted by atomic mass is 10.1. The molecule has 0 aliphatic carbocycles. The van der Waals surface area contributed by atoms with Gasteiger partial charge in [0, 0.05) is 28.4 Å². The van der Waals surface area contributed by atoms with Crippen molar-refractivity contribution in [1.82, 2.24) is 0 Å². The second-order valence-electron chi connectivity index (χ2n) is 4.23. The summed E-state index contributed by atoms with van der Waals surface area (Å²) in [5.41, 5.74) is 1.10. The molecule has 0 amide bonds. The van der Waals surface area contributed by atoms with E-state index in [1.54, 1.807) is 11.3 Å². The van der Waals surface area contributed by atoms with Crippen LogP contribution in [0, 0.1) is 5.92 Å². The van der Waals surface area contributed by atoms with Crippen LogP contribution in [0.2, 0.25) is 0 Å². The molecule has 1 heterocycles. The van der Waals surface area contributed by atoms with Crippen molar-refractivity contribution < 1.29 is 9.90 Å². The summed E-state index contributed by atoms with van der Waals surface area (Å²) >= 11 is 1.70. The molecular formula is C13H15NO2S. The van der Waals surface area contributed by atoms with Gasteiger partial charge in [-0.25, -0.2) is 0 Å². The van der Waals surface area contributed by atoms with E-state index in [4.69, 9.17) is 5.11 Å². The second kappa shape index (κ2) is 5.19. The molecular weight excluding hydrogens is 234 g/mol. The smallest absolute Gasteiger partial charge is 0.303 e. The Bertz CT molecular complexity index is 521. The van der Waals surface area contributed by atoms with Crippen LogP contribution in [0.15, 0.2) is 29.6 Å². The van der Waals surface area contributed by atoms with E-state index in [1.807, 2.05) is 19.1 Å². The Morgan fingerprint density at radius 3 is 3.00 bits per heavy atom. The summed E-state index contributed by atoms with van der Waals surface area (Å²) in [6.07, 6.45) is 0.203. The summed E-state index contributed by atoms with van der Waals surface area (Å²) < 4.78 is 1.25. The van der Waals surface area contributed by atoms with Gasteiger partial charge in [-0.2, -0.15) is 0 Å². The van der Waals surface area contributed by atoms with Crippen LogP contribution < -0.4 is 5.32 Å². The van der Waals surface area contributed by atoms with E-state index in [2.05, 4.69) is 22.8 Å². The molecule has 1 unspecified atom stereocenters. The maximum atomic E-state index is 10.6. The number of nitrogens with one attached hydrogen (secondary N) is 1. The zero-order valence-electron chi connectivity index (χ0n) is 9.64. The van der Waals surface area contributed by atoms with Crippen LogP contribution in [0.1, 0.15) is 13.3 Å². The fourth-order valence-electron chi connectivity index (χ4n) is 1.77. The molecule has 3 nitrogen and oxygen atoms in total. The minimum Gasteiger partial charge on any atom is -0.481 e. The van der Waals surface area contributed by atoms with Crippen LogP contribution in [-0.2, 0) is 4.79 Å². The highest BCUT2D eigenvalue weighted by Crippen LogP contribution is 2.29. The number of carboxylic acids is 1. The first-order chi connectivity index (χ1) is 8.16. The van der Waals surface area contributed by atoms with Crippen molar-refractivity contribution in [1.29, 1.82) is 0 Å². The van der Waals surface area contributed by atoms with Gasteiger partial charge in [-0.05, 0) is 12.0 Å². The van der Waals surface area contributed by atoms with E-state index in [-0.39, 0.29) is 12.3 Å². The van der Waals surface area contributed by atoms with E-state index in [0.717, 1.165) is 5.69 Å². The van der Waals surface area contributed by atoms with Gasteiger partial charge in [0.1, 0.15) is 0 Å². The first kappa shape index (κ1) is 11.9. The highest BCUT2D eigenvalue weighted by molar-refractivity contribution is 7.17. The average Bonchev–Trinajstić information content (AvgIpc) is 2.69. The van der Waals surface area contributed by atoms with Crippen molar-refractivity contribution in [3.05, 3.63) is 29.6 Å². The van der Waals surface area contributed by atoms with Gasteiger partial charge in [0.25, 0.3) is 0 Å². The van der Waals surface area contributed by atoms with E-state index in [1.165, 1.54) is 10.1 Å². The lowest BCUT2D eigenvalue weighted by Gasteiger charge is -2.10. The number of anilines is 1. The molecule has 2 rings (SSSR count). The third kappa shape index (κ3) is 2.97. The number of hydrogen-bond acceptors (Lipinski definition) is 3. The van der Waals surface area contributed by atoms with Crippen molar-refractivity contribution in [3.63, 3.8) is 0 Å². The predicted octanol–water partition coefficient (Wildman–Crippen LogP) is 3.42. The number of carbonyl (C=O) groups is 1. The zero-order valence-corrected chi connectivity index (χ0v) is 10.5. The predicted molar refractivity (Wildman–Crippen MR) is 71.7 cm³/mol. The number of rotatable bonds is 5. The minimum absolute atomic E-state index is 0.131.